The van der Waals surface area contributed by atoms with Gasteiger partial charge in [0.1, 0.15) is 18.2 Å². The zero-order chi connectivity index (χ0) is 30.0. The van der Waals surface area contributed by atoms with Crippen LogP contribution in [0.25, 0.3) is 22.0 Å². The van der Waals surface area contributed by atoms with Crippen molar-refractivity contribution in [2.75, 3.05) is 18.8 Å². The summed E-state index contributed by atoms with van der Waals surface area (Å²) < 4.78 is 78.8. The van der Waals surface area contributed by atoms with Gasteiger partial charge in [-0.3, -0.25) is 14.3 Å². The van der Waals surface area contributed by atoms with Gasteiger partial charge in [-0.15, -0.1) is 11.8 Å². The fourth-order valence-corrected chi connectivity index (χ4v) is 7.03. The Balaban J connectivity index is 1.43. The van der Waals surface area contributed by atoms with Gasteiger partial charge in [-0.05, 0) is 17.7 Å². The standard InChI is InChI=1S/C28H19ClF5N3O4S/c29-18-7-15(19(30)8-20(18)31)21-17(28(32,33)34)6-16-22-23(21)42-13-27(12-37(22)25(39)35-24(16)38)10-36(11-27)26(40)41-9-14-4-2-1-3-5-14/h1-8H,9-13H2,(H,35,38,39). The van der Waals surface area contributed by atoms with Gasteiger partial charge >= 0.3 is 18.0 Å². The molecular formula is C28H19ClF5N3O4S. The zero-order valence-electron chi connectivity index (χ0n) is 21.4. The number of rotatable bonds is 3. The predicted molar refractivity (Wildman–Crippen MR) is 146 cm³/mol. The normalized spacial score (nSPS) is 15.9. The Bertz CT molecular complexity index is 1870. The molecule has 0 bridgehead atoms. The number of aromatic nitrogens is 2. The van der Waals surface area contributed by atoms with Crippen molar-refractivity contribution in [2.24, 2.45) is 5.41 Å². The van der Waals surface area contributed by atoms with E-state index in [2.05, 4.69) is 4.98 Å². The lowest BCUT2D eigenvalue weighted by molar-refractivity contribution is -0.137. The molecule has 3 aromatic carbocycles. The van der Waals surface area contributed by atoms with Crippen molar-refractivity contribution in [2.45, 2.75) is 24.2 Å². The first kappa shape index (κ1) is 28.3. The lowest BCUT2D eigenvalue weighted by Crippen LogP contribution is -2.61. The first-order valence-electron chi connectivity index (χ1n) is 12.5. The van der Waals surface area contributed by atoms with Crippen LogP contribution in [-0.2, 0) is 24.1 Å². The lowest BCUT2D eigenvalue weighted by atomic mass is 9.81. The third kappa shape index (κ3) is 4.83. The molecule has 0 aliphatic carbocycles. The molecule has 7 nitrogen and oxygen atoms in total. The number of thioether (sulfide) groups is 1. The van der Waals surface area contributed by atoms with Crippen molar-refractivity contribution in [1.29, 1.82) is 0 Å². The van der Waals surface area contributed by atoms with E-state index in [1.165, 1.54) is 4.90 Å². The van der Waals surface area contributed by atoms with Gasteiger partial charge in [-0.2, -0.15) is 13.2 Å². The minimum absolute atomic E-state index is 0.0404. The van der Waals surface area contributed by atoms with Crippen LogP contribution < -0.4 is 11.2 Å². The molecule has 0 unspecified atom stereocenters. The minimum atomic E-state index is -5.05. The fraction of sp³-hybridized carbons (Fsp3) is 0.250. The number of benzene rings is 3. The number of alkyl halides is 3. The summed E-state index contributed by atoms with van der Waals surface area (Å²) in [6.45, 7) is 0.234. The van der Waals surface area contributed by atoms with Gasteiger partial charge in [0.05, 0.1) is 21.5 Å². The molecule has 1 saturated heterocycles. The van der Waals surface area contributed by atoms with Crippen LogP contribution in [0.15, 0.2) is 63.0 Å². The van der Waals surface area contributed by atoms with Crippen LogP contribution in [0.2, 0.25) is 5.02 Å². The minimum Gasteiger partial charge on any atom is -0.445 e. The van der Waals surface area contributed by atoms with Gasteiger partial charge < -0.3 is 9.64 Å². The van der Waals surface area contributed by atoms with E-state index in [0.717, 1.165) is 28.0 Å². The Kier molecular flexibility index (Phi) is 6.84. The summed E-state index contributed by atoms with van der Waals surface area (Å²) in [5.41, 5.74) is -4.66. The van der Waals surface area contributed by atoms with Gasteiger partial charge in [-0.25, -0.2) is 18.4 Å². The molecule has 14 heteroatoms. The number of likely N-dealkylation sites (tertiary alicyclic amines) is 1. The number of carbonyl (C=O) groups excluding carboxylic acids is 1. The van der Waals surface area contributed by atoms with E-state index in [1.807, 2.05) is 6.07 Å². The maximum absolute atomic E-state index is 15.1. The number of carbonyl (C=O) groups is 1. The molecule has 1 spiro atoms. The van der Waals surface area contributed by atoms with Crippen molar-refractivity contribution in [3.8, 4) is 11.1 Å². The van der Waals surface area contributed by atoms with E-state index in [0.29, 0.717) is 12.1 Å². The summed E-state index contributed by atoms with van der Waals surface area (Å²) in [5.74, 6) is -2.34. The van der Waals surface area contributed by atoms with Crippen LogP contribution in [0.3, 0.4) is 0 Å². The Morgan fingerprint density at radius 1 is 1.05 bits per heavy atom. The van der Waals surface area contributed by atoms with Crippen LogP contribution in [0, 0.1) is 17.0 Å². The molecule has 0 saturated carbocycles. The molecule has 1 N–H and O–H groups in total. The molecular weight excluding hydrogens is 605 g/mol. The van der Waals surface area contributed by atoms with E-state index in [9.17, 15) is 31.9 Å². The molecule has 42 heavy (non-hydrogen) atoms. The van der Waals surface area contributed by atoms with Crippen LogP contribution in [-0.4, -0.2) is 39.4 Å². The lowest BCUT2D eigenvalue weighted by Gasteiger charge is -2.48. The first-order chi connectivity index (χ1) is 19.9. The molecule has 1 fully saturated rings. The first-order valence-corrected chi connectivity index (χ1v) is 13.9. The summed E-state index contributed by atoms with van der Waals surface area (Å²) in [6, 6.07) is 10.7. The van der Waals surface area contributed by atoms with Crippen molar-refractivity contribution < 1.29 is 31.5 Å². The smallest absolute Gasteiger partial charge is 0.417 e. The second-order valence-electron chi connectivity index (χ2n) is 10.3. The highest BCUT2D eigenvalue weighted by molar-refractivity contribution is 7.99. The number of halogens is 6. The van der Waals surface area contributed by atoms with Crippen LogP contribution in [0.1, 0.15) is 11.1 Å². The molecule has 6 rings (SSSR count). The Morgan fingerprint density at radius 3 is 2.45 bits per heavy atom. The number of aromatic amines is 1. The Hall–Kier alpha value is -3.84. The van der Waals surface area contributed by atoms with Gasteiger partial charge in [0.25, 0.3) is 5.56 Å². The summed E-state index contributed by atoms with van der Waals surface area (Å²) in [5, 5.41) is -1.02. The van der Waals surface area contributed by atoms with E-state index < -0.39 is 67.7 Å². The van der Waals surface area contributed by atoms with Gasteiger partial charge in [0, 0.05) is 52.9 Å². The molecule has 1 aromatic heterocycles. The number of nitrogens with zero attached hydrogens (tertiary/aromatic N) is 2. The molecule has 4 aromatic rings. The Morgan fingerprint density at radius 2 is 1.76 bits per heavy atom. The van der Waals surface area contributed by atoms with E-state index in [4.69, 9.17) is 16.3 Å². The summed E-state index contributed by atoms with van der Waals surface area (Å²) in [6.07, 6.45) is -5.65. The zero-order valence-corrected chi connectivity index (χ0v) is 22.9. The number of H-pyrrole nitrogens is 1. The maximum Gasteiger partial charge on any atom is 0.417 e. The molecule has 3 heterocycles. The number of hydrogen-bond acceptors (Lipinski definition) is 5. The van der Waals surface area contributed by atoms with E-state index >= 15 is 4.39 Å². The van der Waals surface area contributed by atoms with Crippen LogP contribution in [0.4, 0.5) is 26.7 Å². The van der Waals surface area contributed by atoms with Crippen molar-refractivity contribution in [3.05, 3.63) is 97.2 Å². The molecule has 0 radical (unpaired) electrons. The number of nitrogens with one attached hydrogen (secondary N) is 1. The SMILES string of the molecule is O=C(OCc1ccccc1)N1CC2(CSc3c(-c4cc(Cl)c(F)cc4F)c(C(F)(F)F)cc4c(=O)[nH]c(=O)n(c34)C2)C1. The largest absolute Gasteiger partial charge is 0.445 e. The van der Waals surface area contributed by atoms with Crippen molar-refractivity contribution in [1.82, 2.24) is 14.5 Å². The monoisotopic (exact) mass is 623 g/mol. The van der Waals surface area contributed by atoms with Crippen LogP contribution >= 0.6 is 23.4 Å². The third-order valence-electron chi connectivity index (χ3n) is 7.35. The average Bonchev–Trinajstić information content (AvgIpc) is 3.10. The second kappa shape index (κ2) is 10.2. The molecule has 1 amide bonds. The highest BCUT2D eigenvalue weighted by atomic mass is 35.5. The number of hydrogen-bond donors (Lipinski definition) is 1. The fourth-order valence-electron chi connectivity index (χ4n) is 5.42. The molecule has 0 atom stereocenters. The number of ether oxygens (including phenoxy) is 1. The topological polar surface area (TPSA) is 84.4 Å². The summed E-state index contributed by atoms with van der Waals surface area (Å²) >= 11 is 6.74. The predicted octanol–water partition coefficient (Wildman–Crippen LogP) is 6.05. The molecule has 218 valence electrons. The quantitative estimate of drug-likeness (QED) is 0.222. The molecule has 2 aliphatic heterocycles. The molecule has 2 aliphatic rings. The van der Waals surface area contributed by atoms with Gasteiger partial charge in [0.2, 0.25) is 0 Å². The second-order valence-corrected chi connectivity index (χ2v) is 11.7. The highest BCUT2D eigenvalue weighted by Gasteiger charge is 2.49. The number of amides is 1. The van der Waals surface area contributed by atoms with Crippen molar-refractivity contribution >= 4 is 40.4 Å². The summed E-state index contributed by atoms with van der Waals surface area (Å²) in [4.78, 5) is 41.8. The highest BCUT2D eigenvalue weighted by Crippen LogP contribution is 2.50. The average molecular weight is 624 g/mol. The van der Waals surface area contributed by atoms with Crippen LogP contribution in [0.5, 0.6) is 0 Å². The van der Waals surface area contributed by atoms with E-state index in [1.54, 1.807) is 24.3 Å². The summed E-state index contributed by atoms with van der Waals surface area (Å²) in [7, 11) is 0. The third-order valence-corrected chi connectivity index (χ3v) is 9.08. The van der Waals surface area contributed by atoms with E-state index in [-0.39, 0.29) is 42.4 Å². The van der Waals surface area contributed by atoms with Gasteiger partial charge in [-0.1, -0.05) is 41.9 Å². The van der Waals surface area contributed by atoms with Crippen molar-refractivity contribution in [3.63, 3.8) is 0 Å². The van der Waals surface area contributed by atoms with Gasteiger partial charge in [0.15, 0.2) is 0 Å². The maximum atomic E-state index is 15.1. The Labute approximate surface area is 242 Å².